The molecule has 0 saturated heterocycles. The van der Waals surface area contributed by atoms with E-state index in [1.165, 1.54) is 54.6 Å². The van der Waals surface area contributed by atoms with Gasteiger partial charge in [-0.3, -0.25) is 9.35 Å². The molecule has 0 aromatic heterocycles. The van der Waals surface area contributed by atoms with Gasteiger partial charge in [-0.15, -0.1) is 13.2 Å². The lowest BCUT2D eigenvalue weighted by molar-refractivity contribution is -0.274. The van der Waals surface area contributed by atoms with Crippen LogP contribution in [-0.4, -0.2) is 30.3 Å². The van der Waals surface area contributed by atoms with Crippen molar-refractivity contribution >= 4 is 33.3 Å². The second-order valence-electron chi connectivity index (χ2n) is 8.78. The maximum absolute atomic E-state index is 13.3. The van der Waals surface area contributed by atoms with Crippen LogP contribution in [0.3, 0.4) is 0 Å². The molecule has 9 nitrogen and oxygen atoms in total. The molecule has 4 rings (SSSR count). The Labute approximate surface area is 237 Å². The molecule has 0 heterocycles. The van der Waals surface area contributed by atoms with Gasteiger partial charge in [-0.05, 0) is 91.3 Å². The zero-order valence-electron chi connectivity index (χ0n) is 21.5. The highest BCUT2D eigenvalue weighted by Gasteiger charge is 2.31. The summed E-state index contributed by atoms with van der Waals surface area (Å²) in [4.78, 5) is 12.8. The molecule has 0 aliphatic rings. The van der Waals surface area contributed by atoms with E-state index in [9.17, 15) is 40.4 Å². The topological polar surface area (TPSA) is 125 Å². The molecule has 0 bridgehead atoms. The number of phenolic OH excluding ortho intramolecular Hbond substituents is 1. The highest BCUT2D eigenvalue weighted by Crippen LogP contribution is 2.37. The summed E-state index contributed by atoms with van der Waals surface area (Å²) in [5, 5.41) is 12.9. The van der Waals surface area contributed by atoms with Crippen molar-refractivity contribution in [2.24, 2.45) is 0 Å². The number of anilines is 3. The molecular formula is C28H22F4N2O7S. The van der Waals surface area contributed by atoms with Gasteiger partial charge in [-0.2, -0.15) is 8.42 Å². The van der Waals surface area contributed by atoms with Gasteiger partial charge >= 0.3 is 16.7 Å². The van der Waals surface area contributed by atoms with Gasteiger partial charge in [0.05, 0.1) is 5.69 Å². The van der Waals surface area contributed by atoms with Crippen LogP contribution in [0.15, 0.2) is 91.0 Å². The zero-order valence-corrected chi connectivity index (χ0v) is 22.4. The molecule has 3 N–H and O–H groups in total. The highest BCUT2D eigenvalue weighted by atomic mass is 32.2. The molecular weight excluding hydrogens is 584 g/mol. The normalized spacial score (nSPS) is 12.3. The van der Waals surface area contributed by atoms with Crippen LogP contribution in [0.2, 0.25) is 0 Å². The number of hydrogen-bond acceptors (Lipinski definition) is 6. The van der Waals surface area contributed by atoms with Crippen molar-refractivity contribution < 1.29 is 49.9 Å². The Kier molecular flexibility index (Phi) is 8.59. The molecule has 1 amide bonds. The summed E-state index contributed by atoms with van der Waals surface area (Å²) >= 11 is 0. The average molecular weight is 607 g/mol. The fourth-order valence-electron chi connectivity index (χ4n) is 3.84. The van der Waals surface area contributed by atoms with Gasteiger partial charge in [0.25, 0.3) is 5.91 Å². The van der Waals surface area contributed by atoms with Crippen LogP contribution in [-0.2, 0) is 10.3 Å². The number of hydrogen-bond donors (Lipinski definition) is 3. The Morgan fingerprint density at radius 3 is 2.07 bits per heavy atom. The Hall–Kier alpha value is -4.82. The van der Waals surface area contributed by atoms with E-state index in [0.29, 0.717) is 15.6 Å². The van der Waals surface area contributed by atoms with Gasteiger partial charge < -0.3 is 19.9 Å². The number of phenols is 1. The minimum Gasteiger partial charge on any atom is -0.506 e. The van der Waals surface area contributed by atoms with Crippen molar-refractivity contribution in [2.45, 2.75) is 19.4 Å². The number of nitrogens with one attached hydrogen (secondary N) is 1. The number of nitrogens with zero attached hydrogens (tertiary/aromatic N) is 1. The number of amides is 1. The predicted molar refractivity (Wildman–Crippen MR) is 145 cm³/mol. The lowest BCUT2D eigenvalue weighted by Crippen LogP contribution is -2.25. The molecule has 4 aromatic carbocycles. The highest BCUT2D eigenvalue weighted by molar-refractivity contribution is 7.87. The van der Waals surface area contributed by atoms with Crippen molar-refractivity contribution in [3.05, 3.63) is 108 Å². The van der Waals surface area contributed by atoms with Gasteiger partial charge in [-0.1, -0.05) is 12.1 Å². The molecule has 4 aromatic rings. The van der Waals surface area contributed by atoms with E-state index in [1.807, 2.05) is 0 Å². The summed E-state index contributed by atoms with van der Waals surface area (Å²) in [5.41, 5.74) is 0.249. The van der Waals surface area contributed by atoms with E-state index >= 15 is 0 Å². The van der Waals surface area contributed by atoms with Gasteiger partial charge in [0.15, 0.2) is 0 Å². The predicted octanol–water partition coefficient (Wildman–Crippen LogP) is 6.76. The molecule has 0 radical (unpaired) electrons. The second-order valence-corrected chi connectivity index (χ2v) is 10.0. The number of halogens is 4. The van der Waals surface area contributed by atoms with Gasteiger partial charge in [0.2, 0.25) is 0 Å². The molecule has 14 heteroatoms. The van der Waals surface area contributed by atoms with E-state index in [2.05, 4.69) is 10.1 Å². The average Bonchev–Trinajstić information content (AvgIpc) is 2.91. The van der Waals surface area contributed by atoms with Crippen LogP contribution >= 0.6 is 0 Å². The largest absolute Gasteiger partial charge is 0.573 e. The van der Waals surface area contributed by atoms with Crippen molar-refractivity contribution in [2.75, 3.05) is 9.62 Å². The number of alkyl halides is 3. The third-order valence-corrected chi connectivity index (χ3v) is 6.63. The quantitative estimate of drug-likeness (QED) is 0.109. The molecule has 220 valence electrons. The summed E-state index contributed by atoms with van der Waals surface area (Å²) in [5.74, 6) is -1.81. The van der Waals surface area contributed by atoms with Crippen molar-refractivity contribution in [3.63, 3.8) is 0 Å². The number of ether oxygens (including phenoxy) is 2. The first-order valence-electron chi connectivity index (χ1n) is 12.0. The maximum Gasteiger partial charge on any atom is 0.573 e. The van der Waals surface area contributed by atoms with Gasteiger partial charge in [0, 0.05) is 11.3 Å². The van der Waals surface area contributed by atoms with Crippen LogP contribution in [0.25, 0.3) is 0 Å². The van der Waals surface area contributed by atoms with Crippen molar-refractivity contribution in [1.29, 1.82) is 0 Å². The van der Waals surface area contributed by atoms with E-state index < -0.39 is 45.9 Å². The first-order valence-corrected chi connectivity index (χ1v) is 13.4. The minimum absolute atomic E-state index is 0.0652. The van der Waals surface area contributed by atoms with Crippen LogP contribution in [0, 0.1) is 5.82 Å². The second kappa shape index (κ2) is 12.0. The standard InChI is InChI=1S/C28H22F4N2O7S/c1-17(18-2-13-24(14-3-18)41-28(30,31)32)40-23-11-4-19(5-12-23)27(36)33-21-8-15-26(35)25(16-21)34(42(37,38)39)22-9-6-20(29)7-10-22/h2-17,35H,1H3,(H,33,36)(H,37,38,39). The Morgan fingerprint density at radius 2 is 1.50 bits per heavy atom. The Bertz CT molecular complexity index is 1660. The van der Waals surface area contributed by atoms with E-state index in [4.69, 9.17) is 4.74 Å². The van der Waals surface area contributed by atoms with E-state index in [-0.39, 0.29) is 22.7 Å². The molecule has 1 atom stereocenters. The SMILES string of the molecule is CC(Oc1ccc(C(=O)Nc2ccc(O)c(N(c3ccc(F)cc3)S(=O)(=O)O)c2)cc1)c1ccc(OC(F)(F)F)cc1. The molecule has 0 aliphatic heterocycles. The number of benzene rings is 4. The lowest BCUT2D eigenvalue weighted by Gasteiger charge is -2.22. The zero-order chi connectivity index (χ0) is 30.7. The number of rotatable bonds is 9. The lowest BCUT2D eigenvalue weighted by atomic mass is 10.1. The van der Waals surface area contributed by atoms with Crippen molar-refractivity contribution in [1.82, 2.24) is 0 Å². The minimum atomic E-state index is -4.98. The summed E-state index contributed by atoms with van der Waals surface area (Å²) in [6.07, 6.45) is -5.35. The Morgan fingerprint density at radius 1 is 0.905 bits per heavy atom. The fourth-order valence-corrected chi connectivity index (χ4v) is 4.62. The third-order valence-electron chi connectivity index (χ3n) is 5.76. The molecule has 0 saturated carbocycles. The van der Waals surface area contributed by atoms with Gasteiger partial charge in [0.1, 0.15) is 34.9 Å². The van der Waals surface area contributed by atoms with Crippen LogP contribution in [0.5, 0.6) is 17.2 Å². The summed E-state index contributed by atoms with van der Waals surface area (Å²) in [6, 6.07) is 18.7. The smallest absolute Gasteiger partial charge is 0.506 e. The molecule has 42 heavy (non-hydrogen) atoms. The van der Waals surface area contributed by atoms with E-state index in [1.54, 1.807) is 6.92 Å². The molecule has 0 spiro atoms. The molecule has 0 aliphatic carbocycles. The summed E-state index contributed by atoms with van der Waals surface area (Å²) in [7, 11) is -4.98. The number of aromatic hydroxyl groups is 1. The Balaban J connectivity index is 1.46. The van der Waals surface area contributed by atoms with Crippen LogP contribution < -0.4 is 19.1 Å². The fraction of sp³-hybridized carbons (Fsp3) is 0.107. The van der Waals surface area contributed by atoms with E-state index in [0.717, 1.165) is 36.4 Å². The number of carbonyl (C=O) groups excluding carboxylic acids is 1. The monoisotopic (exact) mass is 606 g/mol. The van der Waals surface area contributed by atoms with Gasteiger partial charge in [-0.25, -0.2) is 8.70 Å². The van der Waals surface area contributed by atoms with Crippen molar-refractivity contribution in [3.8, 4) is 17.2 Å². The summed E-state index contributed by atoms with van der Waals surface area (Å²) < 4.78 is 94.5. The molecule has 1 unspecified atom stereocenters. The van der Waals surface area contributed by atoms with Crippen LogP contribution in [0.1, 0.15) is 28.9 Å². The first-order chi connectivity index (χ1) is 19.7. The maximum atomic E-state index is 13.3. The first kappa shape index (κ1) is 30.1. The molecule has 0 fully saturated rings. The number of carbonyl (C=O) groups is 1. The van der Waals surface area contributed by atoms with Crippen LogP contribution in [0.4, 0.5) is 34.6 Å². The third kappa shape index (κ3) is 7.67. The summed E-state index contributed by atoms with van der Waals surface area (Å²) in [6.45, 7) is 1.68.